The minimum absolute atomic E-state index is 0.250. The second-order valence-corrected chi connectivity index (χ2v) is 7.08. The highest BCUT2D eigenvalue weighted by atomic mass is 35.5. The molecule has 0 aliphatic rings. The van der Waals surface area contributed by atoms with Gasteiger partial charge < -0.3 is 10.3 Å². The summed E-state index contributed by atoms with van der Waals surface area (Å²) in [6.45, 7) is 2.05. The van der Waals surface area contributed by atoms with Crippen LogP contribution in [0.5, 0.6) is 0 Å². The molecule has 0 saturated carbocycles. The highest BCUT2D eigenvalue weighted by Crippen LogP contribution is 2.25. The maximum absolute atomic E-state index is 12.4. The van der Waals surface area contributed by atoms with Gasteiger partial charge >= 0.3 is 0 Å². The molecule has 3 aromatic carbocycles. The van der Waals surface area contributed by atoms with E-state index in [9.17, 15) is 4.79 Å². The monoisotopic (exact) mass is 395 g/mol. The molecule has 0 spiro atoms. The molecule has 0 radical (unpaired) electrons. The predicted molar refractivity (Wildman–Crippen MR) is 111 cm³/mol. The van der Waals surface area contributed by atoms with Gasteiger partial charge in [0.15, 0.2) is 0 Å². The second kappa shape index (κ2) is 7.06. The summed E-state index contributed by atoms with van der Waals surface area (Å²) in [5, 5.41) is 3.61. The Hall–Kier alpha value is -2.82. The Morgan fingerprint density at radius 3 is 2.48 bits per heavy atom. The van der Waals surface area contributed by atoms with Crippen LogP contribution in [0.2, 0.25) is 10.0 Å². The first-order chi connectivity index (χ1) is 13.0. The van der Waals surface area contributed by atoms with Gasteiger partial charge in [-0.2, -0.15) is 0 Å². The Bertz CT molecular complexity index is 1150. The van der Waals surface area contributed by atoms with Gasteiger partial charge in [-0.3, -0.25) is 4.79 Å². The Kier molecular flexibility index (Phi) is 4.60. The summed E-state index contributed by atoms with van der Waals surface area (Å²) in [5.41, 5.74) is 5.17. The van der Waals surface area contributed by atoms with E-state index in [4.69, 9.17) is 23.2 Å². The molecule has 1 heterocycles. The van der Waals surface area contributed by atoms with Crippen LogP contribution in [0.3, 0.4) is 0 Å². The first-order valence-corrected chi connectivity index (χ1v) is 9.08. The van der Waals surface area contributed by atoms with Gasteiger partial charge in [-0.05, 0) is 67.1 Å². The molecule has 2 N–H and O–H groups in total. The number of aryl methyl sites for hydroxylation is 1. The van der Waals surface area contributed by atoms with Gasteiger partial charge in [0.05, 0.1) is 21.1 Å². The van der Waals surface area contributed by atoms with E-state index >= 15 is 0 Å². The molecule has 4 nitrogen and oxygen atoms in total. The third-order valence-electron chi connectivity index (χ3n) is 4.24. The minimum atomic E-state index is -0.250. The molecule has 6 heteroatoms. The highest BCUT2D eigenvalue weighted by Gasteiger charge is 2.10. The van der Waals surface area contributed by atoms with Gasteiger partial charge in [-0.15, -0.1) is 0 Å². The highest BCUT2D eigenvalue weighted by molar-refractivity contribution is 6.42. The Morgan fingerprint density at radius 2 is 1.74 bits per heavy atom. The number of imidazole rings is 1. The van der Waals surface area contributed by atoms with Gasteiger partial charge in [-0.1, -0.05) is 29.3 Å². The fourth-order valence-corrected chi connectivity index (χ4v) is 3.11. The summed E-state index contributed by atoms with van der Waals surface area (Å²) >= 11 is 11.9. The summed E-state index contributed by atoms with van der Waals surface area (Å²) < 4.78 is 0. The number of nitrogens with zero attached hydrogens (tertiary/aromatic N) is 1. The fraction of sp³-hybridized carbons (Fsp3) is 0.0476. The molecule has 4 rings (SSSR count). The molecule has 0 saturated heterocycles. The SMILES string of the molecule is Cc1ccc2nc(-c3ccc(NC(=O)c4ccc(Cl)c(Cl)c4)cc3)[nH]c2c1. The molecule has 0 fully saturated rings. The quantitative estimate of drug-likeness (QED) is 0.440. The van der Waals surface area contributed by atoms with Crippen molar-refractivity contribution >= 4 is 45.8 Å². The molecule has 1 amide bonds. The van der Waals surface area contributed by atoms with Crippen molar-refractivity contribution in [3.05, 3.63) is 81.8 Å². The van der Waals surface area contributed by atoms with Crippen molar-refractivity contribution in [3.8, 4) is 11.4 Å². The topological polar surface area (TPSA) is 57.8 Å². The number of benzene rings is 3. The number of rotatable bonds is 3. The number of carbonyl (C=O) groups is 1. The van der Waals surface area contributed by atoms with Crippen molar-refractivity contribution in [2.45, 2.75) is 6.92 Å². The normalized spacial score (nSPS) is 10.9. The Labute approximate surface area is 166 Å². The van der Waals surface area contributed by atoms with E-state index in [1.165, 1.54) is 5.56 Å². The number of carbonyl (C=O) groups excluding carboxylic acids is 1. The molecule has 4 aromatic rings. The lowest BCUT2D eigenvalue weighted by atomic mass is 10.1. The van der Waals surface area contributed by atoms with Crippen LogP contribution in [-0.2, 0) is 0 Å². The lowest BCUT2D eigenvalue weighted by Gasteiger charge is -2.07. The molecule has 0 bridgehead atoms. The van der Waals surface area contributed by atoms with Crippen LogP contribution in [0, 0.1) is 6.92 Å². The zero-order valence-electron chi connectivity index (χ0n) is 14.4. The molecule has 0 unspecified atom stereocenters. The minimum Gasteiger partial charge on any atom is -0.338 e. The lowest BCUT2D eigenvalue weighted by molar-refractivity contribution is 0.102. The van der Waals surface area contributed by atoms with Crippen LogP contribution in [0.15, 0.2) is 60.7 Å². The largest absolute Gasteiger partial charge is 0.338 e. The molecule has 134 valence electrons. The second-order valence-electron chi connectivity index (χ2n) is 6.27. The summed E-state index contributed by atoms with van der Waals surface area (Å²) in [6.07, 6.45) is 0. The van der Waals surface area contributed by atoms with Crippen molar-refractivity contribution in [2.24, 2.45) is 0 Å². The molecule has 0 atom stereocenters. The van der Waals surface area contributed by atoms with E-state index < -0.39 is 0 Å². The molecule has 0 aliphatic carbocycles. The van der Waals surface area contributed by atoms with E-state index in [1.54, 1.807) is 18.2 Å². The zero-order valence-corrected chi connectivity index (χ0v) is 15.9. The van der Waals surface area contributed by atoms with Gasteiger partial charge in [0.25, 0.3) is 5.91 Å². The van der Waals surface area contributed by atoms with Crippen LogP contribution >= 0.6 is 23.2 Å². The van der Waals surface area contributed by atoms with E-state index in [0.29, 0.717) is 21.3 Å². The number of amides is 1. The van der Waals surface area contributed by atoms with Crippen LogP contribution in [0.4, 0.5) is 5.69 Å². The standard InChI is InChI=1S/C21H15Cl2N3O/c1-12-2-9-18-19(10-12)26-20(25-18)13-3-6-15(7-4-13)24-21(27)14-5-8-16(22)17(23)11-14/h2-11H,1H3,(H,24,27)(H,25,26). The van der Waals surface area contributed by atoms with Crippen molar-refractivity contribution in [2.75, 3.05) is 5.32 Å². The van der Waals surface area contributed by atoms with E-state index in [2.05, 4.69) is 21.4 Å². The van der Waals surface area contributed by atoms with E-state index in [1.807, 2.05) is 43.3 Å². The van der Waals surface area contributed by atoms with Crippen molar-refractivity contribution in [1.82, 2.24) is 9.97 Å². The predicted octanol–water partition coefficient (Wildman–Crippen LogP) is 6.10. The van der Waals surface area contributed by atoms with Gasteiger partial charge in [-0.25, -0.2) is 4.98 Å². The number of aromatic amines is 1. The number of fused-ring (bicyclic) bond motifs is 1. The first-order valence-electron chi connectivity index (χ1n) is 8.33. The zero-order chi connectivity index (χ0) is 19.0. The Morgan fingerprint density at radius 1 is 0.963 bits per heavy atom. The van der Waals surface area contributed by atoms with Crippen molar-refractivity contribution in [1.29, 1.82) is 0 Å². The van der Waals surface area contributed by atoms with Crippen LogP contribution in [0.1, 0.15) is 15.9 Å². The van der Waals surface area contributed by atoms with Gasteiger partial charge in [0.2, 0.25) is 0 Å². The number of hydrogen-bond donors (Lipinski definition) is 2. The van der Waals surface area contributed by atoms with E-state index in [-0.39, 0.29) is 5.91 Å². The fourth-order valence-electron chi connectivity index (χ4n) is 2.81. The summed E-state index contributed by atoms with van der Waals surface area (Å²) in [4.78, 5) is 20.3. The van der Waals surface area contributed by atoms with Gasteiger partial charge in [0, 0.05) is 16.8 Å². The smallest absolute Gasteiger partial charge is 0.255 e. The number of aromatic nitrogens is 2. The molecule has 0 aliphatic heterocycles. The molecule has 1 aromatic heterocycles. The number of anilines is 1. The number of H-pyrrole nitrogens is 1. The summed E-state index contributed by atoms with van der Waals surface area (Å²) in [6, 6.07) is 18.4. The number of halogens is 2. The van der Waals surface area contributed by atoms with Crippen LogP contribution in [0.25, 0.3) is 22.4 Å². The van der Waals surface area contributed by atoms with Crippen LogP contribution < -0.4 is 5.32 Å². The summed E-state index contributed by atoms with van der Waals surface area (Å²) in [5.74, 6) is 0.540. The molecular weight excluding hydrogens is 381 g/mol. The Balaban J connectivity index is 1.54. The van der Waals surface area contributed by atoms with E-state index in [0.717, 1.165) is 22.4 Å². The third-order valence-corrected chi connectivity index (χ3v) is 4.97. The average Bonchev–Trinajstić information content (AvgIpc) is 3.07. The maximum Gasteiger partial charge on any atom is 0.255 e. The first kappa shape index (κ1) is 17.6. The maximum atomic E-state index is 12.4. The molecular formula is C21H15Cl2N3O. The van der Waals surface area contributed by atoms with Crippen LogP contribution in [-0.4, -0.2) is 15.9 Å². The summed E-state index contributed by atoms with van der Waals surface area (Å²) in [7, 11) is 0. The average molecular weight is 396 g/mol. The van der Waals surface area contributed by atoms with Crippen molar-refractivity contribution in [3.63, 3.8) is 0 Å². The van der Waals surface area contributed by atoms with Crippen molar-refractivity contribution < 1.29 is 4.79 Å². The number of hydrogen-bond acceptors (Lipinski definition) is 2. The molecule has 27 heavy (non-hydrogen) atoms. The third kappa shape index (κ3) is 3.68. The lowest BCUT2D eigenvalue weighted by Crippen LogP contribution is -2.11. The number of nitrogens with one attached hydrogen (secondary N) is 2. The van der Waals surface area contributed by atoms with Gasteiger partial charge in [0.1, 0.15) is 5.82 Å².